The number of nitrogens with one attached hydrogen (secondary N) is 1. The van der Waals surface area contributed by atoms with Crippen molar-refractivity contribution in [1.29, 1.82) is 5.41 Å². The van der Waals surface area contributed by atoms with Crippen LogP contribution in [0, 0.1) is 21.4 Å². The number of hydrogen-bond acceptors (Lipinski definition) is 7. The first-order valence-electron chi connectivity index (χ1n) is 7.06. The van der Waals surface area contributed by atoms with Crippen molar-refractivity contribution in [3.8, 4) is 0 Å². The lowest BCUT2D eigenvalue weighted by Crippen LogP contribution is -2.48. The fourth-order valence-electron chi connectivity index (χ4n) is 2.88. The van der Waals surface area contributed by atoms with Crippen LogP contribution in [-0.2, 0) is 0 Å². The third-order valence-corrected chi connectivity index (χ3v) is 5.12. The number of alkyl halides is 1. The molecule has 2 aliphatic heterocycles. The van der Waals surface area contributed by atoms with E-state index in [-0.39, 0.29) is 17.4 Å². The van der Waals surface area contributed by atoms with Gasteiger partial charge in [0.1, 0.15) is 0 Å². The van der Waals surface area contributed by atoms with Crippen LogP contribution in [0.1, 0.15) is 20.8 Å². The summed E-state index contributed by atoms with van der Waals surface area (Å²) in [5.74, 6) is 0.0987. The Kier molecular flexibility index (Phi) is 4.14. The number of nitrogens with zero attached hydrogens (tertiary/aromatic N) is 3. The van der Waals surface area contributed by atoms with Gasteiger partial charge in [-0.15, -0.1) is 11.6 Å². The van der Waals surface area contributed by atoms with Crippen LogP contribution in [0.5, 0.6) is 0 Å². The van der Waals surface area contributed by atoms with E-state index in [1.54, 1.807) is 11.8 Å². The number of nitro groups is 1. The summed E-state index contributed by atoms with van der Waals surface area (Å²) in [5, 5.41) is 39.1. The Hall–Kier alpha value is -1.38. The fourth-order valence-corrected chi connectivity index (χ4v) is 2.95. The van der Waals surface area contributed by atoms with E-state index in [1.165, 1.54) is 11.8 Å². The number of aliphatic hydroxyl groups is 2. The Morgan fingerprint density at radius 2 is 2.27 bits per heavy atom. The highest BCUT2D eigenvalue weighted by atomic mass is 35.5. The highest BCUT2D eigenvalue weighted by molar-refractivity contribution is 6.31. The zero-order valence-corrected chi connectivity index (χ0v) is 13.5. The van der Waals surface area contributed by atoms with Gasteiger partial charge < -0.3 is 25.4 Å². The molecule has 124 valence electrons. The lowest BCUT2D eigenvalue weighted by atomic mass is 9.95. The Balaban J connectivity index is 2.33. The van der Waals surface area contributed by atoms with Crippen molar-refractivity contribution >= 4 is 17.8 Å². The first kappa shape index (κ1) is 17.0. The van der Waals surface area contributed by atoms with Crippen LogP contribution in [0.4, 0.5) is 0 Å². The Bertz CT molecular complexity index is 534. The van der Waals surface area contributed by atoms with Crippen LogP contribution < -0.4 is 0 Å². The van der Waals surface area contributed by atoms with E-state index in [0.29, 0.717) is 19.6 Å². The molecule has 0 spiro atoms. The molecule has 2 heterocycles. The summed E-state index contributed by atoms with van der Waals surface area (Å²) in [6.07, 6.45) is -0.420. The molecule has 0 aromatic heterocycles. The first-order valence-corrected chi connectivity index (χ1v) is 7.44. The molecule has 0 amide bonds. The SMILES string of the molecule is CC(CN1CCN2C1=C([N+](=O)[O-])C(O)C2(C)O)C(C)(Cl)C=N. The molecule has 2 aliphatic rings. The summed E-state index contributed by atoms with van der Waals surface area (Å²) in [6.45, 7) is 6.20. The monoisotopic (exact) mass is 332 g/mol. The van der Waals surface area contributed by atoms with Gasteiger partial charge in [0.05, 0.1) is 9.80 Å². The van der Waals surface area contributed by atoms with Crippen molar-refractivity contribution in [1.82, 2.24) is 9.80 Å². The Labute approximate surface area is 133 Å². The molecule has 0 bridgehead atoms. The van der Waals surface area contributed by atoms with Gasteiger partial charge in [-0.25, -0.2) is 0 Å². The molecule has 1 saturated heterocycles. The number of hydrogen-bond donors (Lipinski definition) is 3. The lowest BCUT2D eigenvalue weighted by molar-refractivity contribution is -0.439. The predicted molar refractivity (Wildman–Crippen MR) is 81.1 cm³/mol. The van der Waals surface area contributed by atoms with Gasteiger partial charge in [-0.3, -0.25) is 10.1 Å². The van der Waals surface area contributed by atoms with Gasteiger partial charge in [-0.1, -0.05) is 6.92 Å². The Morgan fingerprint density at radius 1 is 1.68 bits per heavy atom. The minimum absolute atomic E-state index is 0.144. The molecule has 0 aromatic carbocycles. The maximum atomic E-state index is 11.3. The summed E-state index contributed by atoms with van der Waals surface area (Å²) >= 11 is 6.24. The highest BCUT2D eigenvalue weighted by Gasteiger charge is 2.58. The largest absolute Gasteiger partial charge is 0.378 e. The summed E-state index contributed by atoms with van der Waals surface area (Å²) in [6, 6.07) is 0. The third-order valence-electron chi connectivity index (χ3n) is 4.64. The second-order valence-electron chi connectivity index (χ2n) is 6.26. The van der Waals surface area contributed by atoms with E-state index >= 15 is 0 Å². The second kappa shape index (κ2) is 5.36. The number of fused-ring (bicyclic) bond motifs is 1. The molecule has 0 radical (unpaired) electrons. The van der Waals surface area contributed by atoms with Crippen molar-refractivity contribution < 1.29 is 15.1 Å². The van der Waals surface area contributed by atoms with Gasteiger partial charge in [0.2, 0.25) is 0 Å². The zero-order valence-electron chi connectivity index (χ0n) is 12.8. The summed E-state index contributed by atoms with van der Waals surface area (Å²) in [4.78, 5) is 13.0. The molecule has 22 heavy (non-hydrogen) atoms. The third kappa shape index (κ3) is 2.45. The fraction of sp³-hybridized carbons (Fsp3) is 0.769. The number of aliphatic hydroxyl groups excluding tert-OH is 1. The van der Waals surface area contributed by atoms with Gasteiger partial charge >= 0.3 is 5.70 Å². The van der Waals surface area contributed by atoms with Crippen LogP contribution in [0.3, 0.4) is 0 Å². The van der Waals surface area contributed by atoms with Gasteiger partial charge in [-0.05, 0) is 19.8 Å². The van der Waals surface area contributed by atoms with E-state index in [0.717, 1.165) is 6.21 Å². The van der Waals surface area contributed by atoms with Crippen LogP contribution in [0.15, 0.2) is 11.5 Å². The molecule has 4 atom stereocenters. The average molecular weight is 333 g/mol. The van der Waals surface area contributed by atoms with Crippen molar-refractivity contribution in [3.05, 3.63) is 21.6 Å². The molecule has 0 aliphatic carbocycles. The molecule has 8 nitrogen and oxygen atoms in total. The van der Waals surface area contributed by atoms with Crippen LogP contribution in [0.25, 0.3) is 0 Å². The Morgan fingerprint density at radius 3 is 2.77 bits per heavy atom. The van der Waals surface area contributed by atoms with E-state index in [2.05, 4.69) is 0 Å². The van der Waals surface area contributed by atoms with Gasteiger partial charge in [0.25, 0.3) is 0 Å². The van der Waals surface area contributed by atoms with Crippen LogP contribution in [-0.4, -0.2) is 67.5 Å². The minimum atomic E-state index is -1.69. The zero-order chi connectivity index (χ0) is 16.9. The summed E-state index contributed by atoms with van der Waals surface area (Å²) in [5.41, 5.74) is -2.08. The van der Waals surface area contributed by atoms with E-state index in [9.17, 15) is 20.3 Å². The normalized spacial score (nSPS) is 32.0. The molecule has 9 heteroatoms. The van der Waals surface area contributed by atoms with Crippen LogP contribution in [0.2, 0.25) is 0 Å². The van der Waals surface area contributed by atoms with Crippen molar-refractivity contribution in [2.24, 2.45) is 5.92 Å². The first-order chi connectivity index (χ1) is 10.0. The van der Waals surface area contributed by atoms with Gasteiger partial charge in [0.15, 0.2) is 17.6 Å². The lowest BCUT2D eigenvalue weighted by Gasteiger charge is -2.32. The van der Waals surface area contributed by atoms with Crippen molar-refractivity contribution in [3.63, 3.8) is 0 Å². The molecular weight excluding hydrogens is 312 g/mol. The van der Waals surface area contributed by atoms with Gasteiger partial charge in [-0.2, -0.15) is 0 Å². The quantitative estimate of drug-likeness (QED) is 0.291. The molecular formula is C13H21ClN4O4. The maximum absolute atomic E-state index is 11.3. The van der Waals surface area contributed by atoms with Crippen LogP contribution >= 0.6 is 11.6 Å². The number of rotatable bonds is 5. The summed E-state index contributed by atoms with van der Waals surface area (Å²) in [7, 11) is 0. The molecule has 2 rings (SSSR count). The second-order valence-corrected chi connectivity index (χ2v) is 7.07. The van der Waals surface area contributed by atoms with Gasteiger partial charge in [0, 0.05) is 25.8 Å². The van der Waals surface area contributed by atoms with E-state index in [4.69, 9.17) is 17.0 Å². The molecule has 3 N–H and O–H groups in total. The smallest absolute Gasteiger partial charge is 0.319 e. The molecule has 0 aromatic rings. The number of halogens is 1. The molecule has 1 fully saturated rings. The topological polar surface area (TPSA) is 114 Å². The summed E-state index contributed by atoms with van der Waals surface area (Å²) < 4.78 is 0. The van der Waals surface area contributed by atoms with Crippen molar-refractivity contribution in [2.75, 3.05) is 19.6 Å². The predicted octanol–water partition coefficient (Wildman–Crippen LogP) is 0.416. The molecule has 0 saturated carbocycles. The highest BCUT2D eigenvalue weighted by Crippen LogP contribution is 2.41. The van der Waals surface area contributed by atoms with E-state index < -0.39 is 21.6 Å². The average Bonchev–Trinajstić information content (AvgIpc) is 2.90. The molecule has 4 unspecified atom stereocenters. The van der Waals surface area contributed by atoms with Crippen molar-refractivity contribution in [2.45, 2.75) is 37.5 Å². The minimum Gasteiger partial charge on any atom is -0.378 e. The van der Waals surface area contributed by atoms with E-state index in [1.807, 2.05) is 6.92 Å². The maximum Gasteiger partial charge on any atom is 0.319 e. The standard InChI is InChI=1S/C13H21ClN4O4/c1-8(12(2,14)7-15)6-16-4-5-17-11(16)9(18(21)22)10(19)13(17,3)20/h7-8,10,15,19-20H,4-6H2,1-3H3.